The van der Waals surface area contributed by atoms with Gasteiger partial charge in [-0.2, -0.15) is 0 Å². The van der Waals surface area contributed by atoms with Crippen molar-refractivity contribution in [1.82, 2.24) is 4.98 Å². The molecule has 0 atom stereocenters. The summed E-state index contributed by atoms with van der Waals surface area (Å²) in [6, 6.07) is 11.7. The van der Waals surface area contributed by atoms with Crippen LogP contribution in [0.1, 0.15) is 15.6 Å². The van der Waals surface area contributed by atoms with Gasteiger partial charge in [0.1, 0.15) is 10.8 Å². The van der Waals surface area contributed by atoms with Crippen molar-refractivity contribution in [3.05, 3.63) is 52.0 Å². The molecule has 0 aliphatic carbocycles. The number of aryl methyl sites for hydroxylation is 2. The molecule has 0 unspecified atom stereocenters. The normalized spacial score (nSPS) is 11.1. The fourth-order valence-electron chi connectivity index (χ4n) is 2.12. The Morgan fingerprint density at radius 1 is 1.10 bits per heavy atom. The van der Waals surface area contributed by atoms with Crippen molar-refractivity contribution in [3.8, 4) is 5.75 Å². The van der Waals surface area contributed by atoms with Crippen LogP contribution in [0.2, 0.25) is 0 Å². The fraction of sp³-hybridized carbons (Fsp3) is 0.188. The summed E-state index contributed by atoms with van der Waals surface area (Å²) in [4.78, 5) is 7.04. The molecule has 0 aliphatic heterocycles. The number of aromatic nitrogens is 1. The monoisotopic (exact) mass is 301 g/mol. The minimum Gasteiger partial charge on any atom is -0.507 e. The summed E-state index contributed by atoms with van der Waals surface area (Å²) in [6.45, 7) is 4.16. The van der Waals surface area contributed by atoms with Crippen LogP contribution in [0.25, 0.3) is 10.8 Å². The van der Waals surface area contributed by atoms with Crippen molar-refractivity contribution in [2.24, 2.45) is 0 Å². The lowest BCUT2D eigenvalue weighted by molar-refractivity contribution is 0.481. The highest BCUT2D eigenvalue weighted by Crippen LogP contribution is 2.35. The zero-order valence-electron chi connectivity index (χ0n) is 11.4. The summed E-state index contributed by atoms with van der Waals surface area (Å²) < 4.78 is 0. The van der Waals surface area contributed by atoms with Crippen LogP contribution < -0.4 is 0 Å². The number of hydrogen-bond donors (Lipinski definition) is 1. The first-order valence-corrected chi connectivity index (χ1v) is 8.22. The Morgan fingerprint density at radius 3 is 2.55 bits per heavy atom. The van der Waals surface area contributed by atoms with Gasteiger partial charge in [-0.3, -0.25) is 0 Å². The van der Waals surface area contributed by atoms with E-state index in [-0.39, 0.29) is 0 Å². The Balaban J connectivity index is 1.89. The first kappa shape index (κ1) is 13.5. The summed E-state index contributed by atoms with van der Waals surface area (Å²) in [5.41, 5.74) is 1.13. The zero-order valence-corrected chi connectivity index (χ0v) is 13.0. The lowest BCUT2D eigenvalue weighted by Gasteiger charge is -2.06. The lowest BCUT2D eigenvalue weighted by atomic mass is 10.1. The highest BCUT2D eigenvalue weighted by Gasteiger charge is 2.08. The molecule has 0 radical (unpaired) electrons. The fourth-order valence-corrected chi connectivity index (χ4v) is 4.10. The van der Waals surface area contributed by atoms with E-state index in [1.54, 1.807) is 29.2 Å². The third kappa shape index (κ3) is 2.53. The second kappa shape index (κ2) is 5.46. The molecule has 4 heteroatoms. The van der Waals surface area contributed by atoms with Crippen LogP contribution in [-0.4, -0.2) is 10.1 Å². The molecule has 0 fully saturated rings. The van der Waals surface area contributed by atoms with E-state index in [0.717, 1.165) is 27.2 Å². The molecule has 2 nitrogen and oxygen atoms in total. The lowest BCUT2D eigenvalue weighted by Crippen LogP contribution is -1.82. The summed E-state index contributed by atoms with van der Waals surface area (Å²) in [7, 11) is 0. The quantitative estimate of drug-likeness (QED) is 0.698. The maximum Gasteiger partial charge on any atom is 0.123 e. The van der Waals surface area contributed by atoms with Gasteiger partial charge in [0.25, 0.3) is 0 Å². The second-order valence-electron chi connectivity index (χ2n) is 4.67. The van der Waals surface area contributed by atoms with Crippen molar-refractivity contribution in [3.63, 3.8) is 0 Å². The topological polar surface area (TPSA) is 33.1 Å². The highest BCUT2D eigenvalue weighted by molar-refractivity contribution is 7.98. The molecule has 0 bridgehead atoms. The molecule has 0 spiro atoms. The van der Waals surface area contributed by atoms with E-state index in [4.69, 9.17) is 0 Å². The Morgan fingerprint density at radius 2 is 1.85 bits per heavy atom. The van der Waals surface area contributed by atoms with Crippen LogP contribution >= 0.6 is 23.1 Å². The van der Waals surface area contributed by atoms with E-state index in [9.17, 15) is 5.11 Å². The second-order valence-corrected chi connectivity index (χ2v) is 6.97. The smallest absolute Gasteiger partial charge is 0.123 e. The molecule has 0 amide bonds. The molecule has 20 heavy (non-hydrogen) atoms. The van der Waals surface area contributed by atoms with Crippen molar-refractivity contribution >= 4 is 33.9 Å². The number of fused-ring (bicyclic) bond motifs is 1. The number of aromatic hydroxyl groups is 1. The van der Waals surface area contributed by atoms with Crippen LogP contribution in [0.3, 0.4) is 0 Å². The van der Waals surface area contributed by atoms with Crippen molar-refractivity contribution < 1.29 is 5.11 Å². The molecule has 0 saturated carbocycles. The molecule has 1 aromatic heterocycles. The summed E-state index contributed by atoms with van der Waals surface area (Å²) in [5.74, 6) is 1.21. The molecule has 1 heterocycles. The molecule has 1 N–H and O–H groups in total. The third-order valence-electron chi connectivity index (χ3n) is 3.29. The standard InChI is InChI=1S/C16H15NOS2/c1-10-11(2)20-16(17-10)9-19-15-8-7-14(18)12-5-3-4-6-13(12)15/h3-8,18H,9H2,1-2H3. The van der Waals surface area contributed by atoms with Crippen molar-refractivity contribution in [1.29, 1.82) is 0 Å². The van der Waals surface area contributed by atoms with Gasteiger partial charge in [-0.15, -0.1) is 23.1 Å². The Kier molecular flexibility index (Phi) is 3.68. The Hall–Kier alpha value is -1.52. The van der Waals surface area contributed by atoms with E-state index >= 15 is 0 Å². The van der Waals surface area contributed by atoms with Gasteiger partial charge >= 0.3 is 0 Å². The molecule has 102 valence electrons. The van der Waals surface area contributed by atoms with Gasteiger partial charge in [-0.25, -0.2) is 4.98 Å². The minimum absolute atomic E-state index is 0.339. The summed E-state index contributed by atoms with van der Waals surface area (Å²) in [6.07, 6.45) is 0. The van der Waals surface area contributed by atoms with Crippen LogP contribution in [0.15, 0.2) is 41.3 Å². The van der Waals surface area contributed by atoms with E-state index in [1.807, 2.05) is 24.3 Å². The Labute approximate surface area is 126 Å². The van der Waals surface area contributed by atoms with Crippen molar-refractivity contribution in [2.45, 2.75) is 24.5 Å². The van der Waals surface area contributed by atoms with Gasteiger partial charge in [-0.1, -0.05) is 24.3 Å². The van der Waals surface area contributed by atoms with E-state index in [1.165, 1.54) is 9.77 Å². The van der Waals surface area contributed by atoms with Crippen LogP contribution in [0.4, 0.5) is 0 Å². The number of thioether (sulfide) groups is 1. The average Bonchev–Trinajstić information content (AvgIpc) is 2.77. The average molecular weight is 301 g/mol. The van der Waals surface area contributed by atoms with Crippen molar-refractivity contribution in [2.75, 3.05) is 0 Å². The third-order valence-corrected chi connectivity index (χ3v) is 5.63. The van der Waals surface area contributed by atoms with E-state index in [0.29, 0.717) is 5.75 Å². The minimum atomic E-state index is 0.339. The maximum atomic E-state index is 9.90. The number of phenols is 1. The van der Waals surface area contributed by atoms with Gasteiger partial charge < -0.3 is 5.11 Å². The SMILES string of the molecule is Cc1nc(CSc2ccc(O)c3ccccc23)sc1C. The molecule has 0 aliphatic rings. The first-order valence-electron chi connectivity index (χ1n) is 6.41. The zero-order chi connectivity index (χ0) is 14.1. The van der Waals surface area contributed by atoms with Gasteiger partial charge in [0, 0.05) is 15.2 Å². The predicted molar refractivity (Wildman–Crippen MR) is 86.8 cm³/mol. The largest absolute Gasteiger partial charge is 0.507 e. The number of rotatable bonds is 3. The van der Waals surface area contributed by atoms with Gasteiger partial charge in [-0.05, 0) is 31.4 Å². The number of nitrogens with zero attached hydrogens (tertiary/aromatic N) is 1. The first-order chi connectivity index (χ1) is 9.65. The van der Waals surface area contributed by atoms with Crippen LogP contribution in [0.5, 0.6) is 5.75 Å². The van der Waals surface area contributed by atoms with Gasteiger partial charge in [0.05, 0.1) is 11.4 Å². The molecule has 0 saturated heterocycles. The summed E-state index contributed by atoms with van der Waals surface area (Å²) in [5, 5.41) is 13.1. The van der Waals surface area contributed by atoms with Crippen LogP contribution in [0, 0.1) is 13.8 Å². The molecular weight excluding hydrogens is 286 g/mol. The number of thiazole rings is 1. The predicted octanol–water partition coefficient (Wildman–Crippen LogP) is 4.91. The van der Waals surface area contributed by atoms with Gasteiger partial charge in [0.2, 0.25) is 0 Å². The van der Waals surface area contributed by atoms with Crippen LogP contribution in [-0.2, 0) is 5.75 Å². The number of hydrogen-bond acceptors (Lipinski definition) is 4. The highest BCUT2D eigenvalue weighted by atomic mass is 32.2. The molecule has 3 aromatic rings. The number of benzene rings is 2. The molecular formula is C16H15NOS2. The summed E-state index contributed by atoms with van der Waals surface area (Å²) >= 11 is 3.53. The van der Waals surface area contributed by atoms with E-state index < -0.39 is 0 Å². The molecule has 3 rings (SSSR count). The number of phenolic OH excluding ortho intramolecular Hbond substituents is 1. The maximum absolute atomic E-state index is 9.90. The van der Waals surface area contributed by atoms with E-state index in [2.05, 4.69) is 24.9 Å². The molecule has 2 aromatic carbocycles. The Bertz CT molecular complexity index is 745. The van der Waals surface area contributed by atoms with Gasteiger partial charge in [0.15, 0.2) is 0 Å².